The highest BCUT2D eigenvalue weighted by molar-refractivity contribution is 5.82. The molecule has 6 nitrogen and oxygen atoms in total. The molecule has 6 heteroatoms. The number of ether oxygens (including phenoxy) is 1. The van der Waals surface area contributed by atoms with Crippen LogP contribution in [0.15, 0.2) is 0 Å². The highest BCUT2D eigenvalue weighted by Crippen LogP contribution is 2.54. The van der Waals surface area contributed by atoms with Gasteiger partial charge in [-0.2, -0.15) is 0 Å². The lowest BCUT2D eigenvalue weighted by Crippen LogP contribution is -2.52. The molecule has 1 saturated carbocycles. The Balaban J connectivity index is 1.31. The number of carbonyl (C=O) groups excluding carboxylic acids is 2. The molecule has 5 atom stereocenters. The van der Waals surface area contributed by atoms with E-state index in [-0.39, 0.29) is 12.0 Å². The summed E-state index contributed by atoms with van der Waals surface area (Å²) in [5, 5.41) is 0. The van der Waals surface area contributed by atoms with Crippen LogP contribution < -0.4 is 0 Å². The minimum Gasteiger partial charge on any atom is -0.450 e. The van der Waals surface area contributed by atoms with Crippen LogP contribution in [-0.4, -0.2) is 77.6 Å². The predicted molar refractivity (Wildman–Crippen MR) is 98.7 cm³/mol. The van der Waals surface area contributed by atoms with Gasteiger partial charge in [-0.3, -0.25) is 9.69 Å². The zero-order chi connectivity index (χ0) is 18.4. The molecule has 2 unspecified atom stereocenters. The molecule has 1 aliphatic carbocycles. The maximum Gasteiger partial charge on any atom is 0.410 e. The lowest BCUT2D eigenvalue weighted by atomic mass is 9.96. The van der Waals surface area contributed by atoms with E-state index in [0.717, 1.165) is 51.9 Å². The minimum absolute atomic E-state index is 0.118. The first-order valence-corrected chi connectivity index (χ1v) is 10.6. The molecule has 4 fully saturated rings. The fraction of sp³-hybridized carbons (Fsp3) is 0.900. The highest BCUT2D eigenvalue weighted by Gasteiger charge is 2.61. The highest BCUT2D eigenvalue weighted by atomic mass is 16.6. The lowest BCUT2D eigenvalue weighted by molar-refractivity contribution is -0.133. The Labute approximate surface area is 156 Å². The Bertz CT molecular complexity index is 539. The van der Waals surface area contributed by atoms with E-state index >= 15 is 0 Å². The van der Waals surface area contributed by atoms with Gasteiger partial charge in [0, 0.05) is 50.2 Å². The third kappa shape index (κ3) is 2.90. The smallest absolute Gasteiger partial charge is 0.410 e. The molecule has 0 radical (unpaired) electrons. The summed E-state index contributed by atoms with van der Waals surface area (Å²) >= 11 is 0. The van der Waals surface area contributed by atoms with Crippen LogP contribution in [0.3, 0.4) is 0 Å². The average molecular weight is 364 g/mol. The molecule has 0 N–H and O–H groups in total. The maximum atomic E-state index is 12.6. The van der Waals surface area contributed by atoms with Gasteiger partial charge in [0.15, 0.2) is 0 Å². The summed E-state index contributed by atoms with van der Waals surface area (Å²) in [6.45, 7) is 10.3. The first-order valence-electron chi connectivity index (χ1n) is 10.6. The number of hydrogen-bond acceptors (Lipinski definition) is 4. The largest absolute Gasteiger partial charge is 0.450 e. The molecule has 2 amide bonds. The molecule has 3 heterocycles. The molecule has 0 spiro atoms. The van der Waals surface area contributed by atoms with Crippen molar-refractivity contribution >= 4 is 12.0 Å². The van der Waals surface area contributed by atoms with E-state index < -0.39 is 0 Å². The fourth-order valence-corrected chi connectivity index (χ4v) is 5.91. The van der Waals surface area contributed by atoms with E-state index in [1.165, 1.54) is 0 Å². The van der Waals surface area contributed by atoms with Gasteiger partial charge in [-0.15, -0.1) is 0 Å². The van der Waals surface area contributed by atoms with E-state index in [2.05, 4.69) is 18.7 Å². The molecule has 2 bridgehead atoms. The molecular weight excluding hydrogens is 330 g/mol. The normalized spacial score (nSPS) is 38.2. The summed E-state index contributed by atoms with van der Waals surface area (Å²) in [5.74, 6) is 1.80. The van der Waals surface area contributed by atoms with Crippen LogP contribution in [0.5, 0.6) is 0 Å². The van der Waals surface area contributed by atoms with Gasteiger partial charge >= 0.3 is 6.09 Å². The third-order valence-corrected chi connectivity index (χ3v) is 7.29. The topological polar surface area (TPSA) is 53.1 Å². The van der Waals surface area contributed by atoms with Gasteiger partial charge in [-0.05, 0) is 58.3 Å². The molecule has 3 aliphatic heterocycles. The second-order valence-electron chi connectivity index (χ2n) is 8.43. The number of rotatable bonds is 5. The average Bonchev–Trinajstić information content (AvgIpc) is 2.99. The van der Waals surface area contributed by atoms with Gasteiger partial charge in [0.05, 0.1) is 6.61 Å². The van der Waals surface area contributed by atoms with Gasteiger partial charge in [-0.25, -0.2) is 4.79 Å². The first-order chi connectivity index (χ1) is 12.6. The molecule has 0 aromatic heterocycles. The van der Waals surface area contributed by atoms with Crippen molar-refractivity contribution in [3.63, 3.8) is 0 Å². The third-order valence-electron chi connectivity index (χ3n) is 7.29. The molecule has 0 aromatic rings. The molecule has 4 rings (SSSR count). The van der Waals surface area contributed by atoms with Crippen molar-refractivity contribution in [2.75, 3.05) is 32.8 Å². The first kappa shape index (κ1) is 18.1. The van der Waals surface area contributed by atoms with Crippen molar-refractivity contribution in [1.29, 1.82) is 0 Å². The van der Waals surface area contributed by atoms with Crippen molar-refractivity contribution in [3.05, 3.63) is 0 Å². The monoisotopic (exact) mass is 363 g/mol. The van der Waals surface area contributed by atoms with Crippen LogP contribution in [0.4, 0.5) is 4.79 Å². The zero-order valence-corrected chi connectivity index (χ0v) is 16.4. The Morgan fingerprint density at radius 1 is 0.962 bits per heavy atom. The molecule has 146 valence electrons. The summed E-state index contributed by atoms with van der Waals surface area (Å²) in [6.07, 6.45) is 4.26. The minimum atomic E-state index is -0.118. The summed E-state index contributed by atoms with van der Waals surface area (Å²) in [6, 6.07) is 1.28. The number of carbonyl (C=O) groups is 2. The van der Waals surface area contributed by atoms with Gasteiger partial charge in [0.25, 0.3) is 0 Å². The van der Waals surface area contributed by atoms with Crippen molar-refractivity contribution in [1.82, 2.24) is 14.7 Å². The van der Waals surface area contributed by atoms with Crippen LogP contribution in [0.25, 0.3) is 0 Å². The number of piperidine rings is 2. The Kier molecular flexibility index (Phi) is 4.88. The second-order valence-corrected chi connectivity index (χ2v) is 8.43. The Hall–Kier alpha value is -1.30. The quantitative estimate of drug-likeness (QED) is 0.751. The lowest BCUT2D eigenvalue weighted by Gasteiger charge is -2.42. The number of amides is 2. The number of nitrogens with zero attached hydrogens (tertiary/aromatic N) is 3. The molecular formula is C20H33N3O3. The van der Waals surface area contributed by atoms with E-state index in [9.17, 15) is 9.59 Å². The van der Waals surface area contributed by atoms with Crippen LogP contribution in [0.2, 0.25) is 0 Å². The maximum absolute atomic E-state index is 12.6. The number of likely N-dealkylation sites (tertiary alicyclic amines) is 1. The van der Waals surface area contributed by atoms with E-state index in [4.69, 9.17) is 4.74 Å². The van der Waals surface area contributed by atoms with Crippen molar-refractivity contribution in [2.45, 2.75) is 64.6 Å². The standard InChI is InChI=1S/C20H33N3O3/c1-4-21(5-2)19(24)18-16-11-22(12-17(16)18)15-9-13-7-8-14(10-15)23(13)20(25)26-6-3/h13-18H,4-12H2,1-3H3/t13?,14?,15?,16-,17+,18-. The summed E-state index contributed by atoms with van der Waals surface area (Å²) < 4.78 is 5.26. The van der Waals surface area contributed by atoms with Gasteiger partial charge in [0.2, 0.25) is 5.91 Å². The van der Waals surface area contributed by atoms with Crippen molar-refractivity contribution in [2.24, 2.45) is 17.8 Å². The van der Waals surface area contributed by atoms with Crippen molar-refractivity contribution < 1.29 is 14.3 Å². The molecule has 4 aliphatic rings. The summed E-state index contributed by atoms with van der Waals surface area (Å²) in [5.41, 5.74) is 0. The molecule has 0 aromatic carbocycles. The van der Waals surface area contributed by atoms with Gasteiger partial charge < -0.3 is 14.5 Å². The Morgan fingerprint density at radius 3 is 2.04 bits per heavy atom. The van der Waals surface area contributed by atoms with E-state index in [1.807, 2.05) is 16.7 Å². The molecule has 3 saturated heterocycles. The van der Waals surface area contributed by atoms with E-state index in [0.29, 0.717) is 42.5 Å². The van der Waals surface area contributed by atoms with Crippen LogP contribution in [0.1, 0.15) is 46.5 Å². The predicted octanol–water partition coefficient (Wildman–Crippen LogP) is 2.18. The summed E-state index contributed by atoms with van der Waals surface area (Å²) in [4.78, 5) is 31.5. The number of hydrogen-bond donors (Lipinski definition) is 0. The molecule has 26 heavy (non-hydrogen) atoms. The van der Waals surface area contributed by atoms with Crippen LogP contribution >= 0.6 is 0 Å². The van der Waals surface area contributed by atoms with Gasteiger partial charge in [0.1, 0.15) is 0 Å². The van der Waals surface area contributed by atoms with Crippen LogP contribution in [0, 0.1) is 17.8 Å². The fourth-order valence-electron chi connectivity index (χ4n) is 5.91. The SMILES string of the molecule is CCOC(=O)N1C2CCC1CC(N1C[C@@H]3[C@H](C1)[C@@H]3C(=O)N(CC)CC)C2. The van der Waals surface area contributed by atoms with Crippen LogP contribution in [-0.2, 0) is 9.53 Å². The van der Waals surface area contributed by atoms with E-state index in [1.54, 1.807) is 0 Å². The number of fused-ring (bicyclic) bond motifs is 3. The summed E-state index contributed by atoms with van der Waals surface area (Å²) in [7, 11) is 0. The zero-order valence-electron chi connectivity index (χ0n) is 16.4. The Morgan fingerprint density at radius 2 is 1.54 bits per heavy atom. The van der Waals surface area contributed by atoms with Crippen molar-refractivity contribution in [3.8, 4) is 0 Å². The second kappa shape index (κ2) is 7.02. The van der Waals surface area contributed by atoms with Gasteiger partial charge in [-0.1, -0.05) is 0 Å².